The number of rotatable bonds is 15. The third kappa shape index (κ3) is 9.22. The molecule has 7 nitrogen and oxygen atoms in total. The van der Waals surface area contributed by atoms with Gasteiger partial charge in [0.25, 0.3) is 0 Å². The first-order valence-corrected chi connectivity index (χ1v) is 21.4. The highest BCUT2D eigenvalue weighted by molar-refractivity contribution is 5.83. The van der Waals surface area contributed by atoms with Crippen LogP contribution in [0.4, 0.5) is 51.2 Å². The Hall–Kier alpha value is -8.42. The molecule has 9 aromatic carbocycles. The maximum absolute atomic E-state index is 5.45. The lowest BCUT2D eigenvalue weighted by Crippen LogP contribution is -2.10. The summed E-state index contributed by atoms with van der Waals surface area (Å²) in [5, 5.41) is 0. The highest BCUT2D eigenvalue weighted by Gasteiger charge is 2.17. The molecule has 0 heterocycles. The van der Waals surface area contributed by atoms with Crippen LogP contribution in [0.2, 0.25) is 0 Å². The van der Waals surface area contributed by atoms with Crippen molar-refractivity contribution < 1.29 is 18.9 Å². The Kier molecular flexibility index (Phi) is 12.5. The Bertz CT molecular complexity index is 2620. The van der Waals surface area contributed by atoms with Gasteiger partial charge in [0.05, 0.1) is 28.4 Å². The van der Waals surface area contributed by atoms with Crippen LogP contribution in [-0.4, -0.2) is 28.4 Å². The Morgan fingerprint density at radius 1 is 0.200 bits per heavy atom. The van der Waals surface area contributed by atoms with Crippen LogP contribution in [0.3, 0.4) is 0 Å². The molecule has 0 unspecified atom stereocenters. The third-order valence-electron chi connectivity index (χ3n) is 11.5. The summed E-state index contributed by atoms with van der Waals surface area (Å²) in [6.07, 6.45) is 0. The molecule has 65 heavy (non-hydrogen) atoms. The lowest BCUT2D eigenvalue weighted by Gasteiger charge is -2.26. The second-order valence-electron chi connectivity index (χ2n) is 15.3. The van der Waals surface area contributed by atoms with Gasteiger partial charge in [-0.05, 0) is 180 Å². The van der Waals surface area contributed by atoms with E-state index >= 15 is 0 Å². The molecule has 0 atom stereocenters. The summed E-state index contributed by atoms with van der Waals surface area (Å²) >= 11 is 0. The van der Waals surface area contributed by atoms with Crippen molar-refractivity contribution in [3.05, 3.63) is 224 Å². The lowest BCUT2D eigenvalue weighted by atomic mass is 10.0. The summed E-state index contributed by atoms with van der Waals surface area (Å²) in [5.41, 5.74) is 13.9. The van der Waals surface area contributed by atoms with Crippen LogP contribution in [0, 0.1) is 0 Å². The quantitative estimate of drug-likeness (QED) is 0.102. The van der Waals surface area contributed by atoms with Gasteiger partial charge in [0, 0.05) is 51.2 Å². The van der Waals surface area contributed by atoms with Crippen LogP contribution < -0.4 is 33.6 Å². The lowest BCUT2D eigenvalue weighted by molar-refractivity contribution is 0.414. The molecule has 0 aliphatic carbocycles. The molecule has 320 valence electrons. The zero-order valence-electron chi connectivity index (χ0n) is 36.8. The molecule has 0 radical (unpaired) electrons. The van der Waals surface area contributed by atoms with Crippen molar-refractivity contribution >= 4 is 51.2 Å². The first-order chi connectivity index (χ1) is 32.0. The molecule has 0 aliphatic rings. The fraction of sp³-hybridized carbons (Fsp3) is 0.0690. The predicted molar refractivity (Wildman–Crippen MR) is 268 cm³/mol. The van der Waals surface area contributed by atoms with Gasteiger partial charge < -0.3 is 33.6 Å². The Labute approximate surface area is 381 Å². The van der Waals surface area contributed by atoms with Gasteiger partial charge in [-0.3, -0.25) is 0 Å². The predicted octanol–water partition coefficient (Wildman–Crippen LogP) is 15.5. The summed E-state index contributed by atoms with van der Waals surface area (Å²) in [7, 11) is 6.73. The number of hydrogen-bond donors (Lipinski definition) is 0. The van der Waals surface area contributed by atoms with Crippen molar-refractivity contribution in [2.24, 2.45) is 0 Å². The van der Waals surface area contributed by atoms with E-state index in [1.165, 1.54) is 0 Å². The topological polar surface area (TPSA) is 46.6 Å². The monoisotopic (exact) mass is 851 g/mol. The molecule has 0 aliphatic heterocycles. The van der Waals surface area contributed by atoms with Gasteiger partial charge in [-0.2, -0.15) is 0 Å². The normalized spacial score (nSPS) is 10.8. The molecule has 0 N–H and O–H groups in total. The molecule has 9 rings (SSSR count). The van der Waals surface area contributed by atoms with E-state index in [-0.39, 0.29) is 0 Å². The first-order valence-electron chi connectivity index (χ1n) is 21.4. The molecular weight excluding hydrogens is 803 g/mol. The average molecular weight is 852 g/mol. The second kappa shape index (κ2) is 19.3. The molecule has 9 aromatic rings. The Morgan fingerprint density at radius 2 is 0.369 bits per heavy atom. The average Bonchev–Trinajstić information content (AvgIpc) is 3.38. The minimum Gasteiger partial charge on any atom is -0.497 e. The van der Waals surface area contributed by atoms with Crippen molar-refractivity contribution in [1.82, 2.24) is 0 Å². The van der Waals surface area contributed by atoms with Crippen molar-refractivity contribution in [3.8, 4) is 45.3 Å². The van der Waals surface area contributed by atoms with Crippen molar-refractivity contribution in [2.75, 3.05) is 43.1 Å². The van der Waals surface area contributed by atoms with E-state index in [4.69, 9.17) is 18.9 Å². The summed E-state index contributed by atoms with van der Waals surface area (Å²) in [4.78, 5) is 6.75. The number of anilines is 9. The van der Waals surface area contributed by atoms with Crippen molar-refractivity contribution in [1.29, 1.82) is 0 Å². The minimum absolute atomic E-state index is 0.812. The van der Waals surface area contributed by atoms with Crippen LogP contribution in [-0.2, 0) is 0 Å². The van der Waals surface area contributed by atoms with Crippen LogP contribution in [0.1, 0.15) is 0 Å². The number of hydrogen-bond acceptors (Lipinski definition) is 7. The summed E-state index contributed by atoms with van der Waals surface area (Å²) in [6.45, 7) is 0. The highest BCUT2D eigenvalue weighted by atomic mass is 16.5. The van der Waals surface area contributed by atoms with Gasteiger partial charge in [-0.15, -0.1) is 0 Å². The second-order valence-corrected chi connectivity index (χ2v) is 15.3. The van der Waals surface area contributed by atoms with Crippen LogP contribution >= 0.6 is 0 Å². The van der Waals surface area contributed by atoms with Crippen LogP contribution in [0.15, 0.2) is 224 Å². The number of benzene rings is 9. The van der Waals surface area contributed by atoms with Crippen LogP contribution in [0.5, 0.6) is 23.0 Å². The first kappa shape index (κ1) is 41.9. The maximum Gasteiger partial charge on any atom is 0.119 e. The molecule has 0 aromatic heterocycles. The van der Waals surface area contributed by atoms with E-state index < -0.39 is 0 Å². The van der Waals surface area contributed by atoms with E-state index in [0.29, 0.717) is 0 Å². The van der Waals surface area contributed by atoms with Gasteiger partial charge in [0.2, 0.25) is 0 Å². The summed E-state index contributed by atoms with van der Waals surface area (Å²) in [5.74, 6) is 3.25. The third-order valence-corrected chi connectivity index (χ3v) is 11.5. The minimum atomic E-state index is 0.812. The van der Waals surface area contributed by atoms with Crippen LogP contribution in [0.25, 0.3) is 22.3 Å². The zero-order chi connectivity index (χ0) is 44.5. The number of para-hydroxylation sites is 1. The smallest absolute Gasteiger partial charge is 0.119 e. The van der Waals surface area contributed by atoms with E-state index in [2.05, 4.69) is 191 Å². The van der Waals surface area contributed by atoms with Gasteiger partial charge in [0.15, 0.2) is 0 Å². The van der Waals surface area contributed by atoms with E-state index in [0.717, 1.165) is 96.4 Å². The van der Waals surface area contributed by atoms with Gasteiger partial charge in [0.1, 0.15) is 23.0 Å². The SMILES string of the molecule is COc1ccc(N(c2ccc(OC)cc2)c2ccc(-c3ccc(N(c4ccccc4)c4ccc(-c5ccc(N(c6ccc(OC)cc6)c6ccc(OC)cc6)cc5)cc4)cc3)cc2)cc1. The zero-order valence-corrected chi connectivity index (χ0v) is 36.8. The largest absolute Gasteiger partial charge is 0.497 e. The molecule has 0 amide bonds. The molecule has 0 saturated carbocycles. The number of methoxy groups -OCH3 is 4. The molecule has 0 fully saturated rings. The Balaban J connectivity index is 0.965. The molecule has 0 spiro atoms. The maximum atomic E-state index is 5.45. The van der Waals surface area contributed by atoms with E-state index in [9.17, 15) is 0 Å². The standard InChI is InChI=1S/C58H49N3O4/c1-62-55-34-26-51(27-35-55)60(52-28-36-56(63-2)37-29-52)49-22-14-44(15-23-49)42-10-18-47(19-11-42)59(46-8-6-5-7-9-46)48-20-12-43(13-21-48)45-16-24-50(25-17-45)61(53-30-38-57(64-3)39-31-53)54-32-40-58(65-4)41-33-54/h5-41H,1-4H3. The van der Waals surface area contributed by atoms with Crippen molar-refractivity contribution in [2.45, 2.75) is 0 Å². The summed E-state index contributed by atoms with van der Waals surface area (Å²) in [6, 6.07) is 77.9. The fourth-order valence-corrected chi connectivity index (χ4v) is 8.06. The molecular formula is C58H49N3O4. The molecule has 0 saturated heterocycles. The fourth-order valence-electron chi connectivity index (χ4n) is 8.06. The number of ether oxygens (including phenoxy) is 4. The molecule has 0 bridgehead atoms. The van der Waals surface area contributed by atoms with Gasteiger partial charge in [-0.1, -0.05) is 66.7 Å². The van der Waals surface area contributed by atoms with E-state index in [1.807, 2.05) is 48.5 Å². The highest BCUT2D eigenvalue weighted by Crippen LogP contribution is 2.41. The van der Waals surface area contributed by atoms with E-state index in [1.54, 1.807) is 28.4 Å². The molecule has 7 heteroatoms. The Morgan fingerprint density at radius 3 is 0.554 bits per heavy atom. The number of nitrogens with zero attached hydrogens (tertiary/aromatic N) is 3. The van der Waals surface area contributed by atoms with Gasteiger partial charge >= 0.3 is 0 Å². The van der Waals surface area contributed by atoms with Gasteiger partial charge in [-0.25, -0.2) is 0 Å². The summed E-state index contributed by atoms with van der Waals surface area (Å²) < 4.78 is 21.8. The van der Waals surface area contributed by atoms with Crippen molar-refractivity contribution in [3.63, 3.8) is 0 Å².